The van der Waals surface area contributed by atoms with Crippen molar-refractivity contribution in [1.29, 1.82) is 0 Å². The second-order valence-corrected chi connectivity index (χ2v) is 3.94. The third-order valence-electron chi connectivity index (χ3n) is 2.92. The number of anilines is 1. The molecule has 0 unspecified atom stereocenters. The molecular weight excluding hydrogens is 194 g/mol. The number of rotatable bonds is 2. The van der Waals surface area contributed by atoms with E-state index in [1.165, 1.54) is 0 Å². The van der Waals surface area contributed by atoms with Gasteiger partial charge in [-0.15, -0.1) is 0 Å². The van der Waals surface area contributed by atoms with Crippen molar-refractivity contribution in [1.82, 2.24) is 9.55 Å². The minimum atomic E-state index is -0.672. The molecule has 2 rings (SSSR count). The van der Waals surface area contributed by atoms with Crippen LogP contribution in [0.1, 0.15) is 12.8 Å². The summed E-state index contributed by atoms with van der Waals surface area (Å²) in [6, 6.07) is 0. The average molecular weight is 209 g/mol. The van der Waals surface area contributed by atoms with Crippen LogP contribution in [0.5, 0.6) is 0 Å². The number of carbonyl (C=O) groups is 1. The molecule has 0 bridgehead atoms. The number of imidazole rings is 1. The highest BCUT2D eigenvalue weighted by molar-refractivity contribution is 5.70. The summed E-state index contributed by atoms with van der Waals surface area (Å²) >= 11 is 0. The first-order valence-electron chi connectivity index (χ1n) is 5.13. The number of hydrogen-bond acceptors (Lipinski definition) is 3. The van der Waals surface area contributed by atoms with Crippen molar-refractivity contribution in [3.63, 3.8) is 0 Å². The molecule has 0 amide bonds. The van der Waals surface area contributed by atoms with Gasteiger partial charge in [0.2, 0.25) is 5.95 Å². The molecule has 82 valence electrons. The maximum absolute atomic E-state index is 10.8. The van der Waals surface area contributed by atoms with Crippen molar-refractivity contribution in [3.8, 4) is 0 Å². The number of aromatic nitrogens is 2. The van der Waals surface area contributed by atoms with Gasteiger partial charge in [-0.3, -0.25) is 4.79 Å². The van der Waals surface area contributed by atoms with E-state index in [0.29, 0.717) is 12.8 Å². The van der Waals surface area contributed by atoms with Gasteiger partial charge in [-0.2, -0.15) is 0 Å². The molecule has 0 spiro atoms. The van der Waals surface area contributed by atoms with E-state index in [1.54, 1.807) is 6.20 Å². The Morgan fingerprint density at radius 3 is 2.67 bits per heavy atom. The van der Waals surface area contributed by atoms with Crippen molar-refractivity contribution >= 4 is 11.9 Å². The summed E-state index contributed by atoms with van der Waals surface area (Å²) in [7, 11) is 1.95. The van der Waals surface area contributed by atoms with Gasteiger partial charge < -0.3 is 14.6 Å². The third-order valence-corrected chi connectivity index (χ3v) is 2.92. The van der Waals surface area contributed by atoms with Crippen molar-refractivity contribution in [2.75, 3.05) is 18.0 Å². The smallest absolute Gasteiger partial charge is 0.306 e. The van der Waals surface area contributed by atoms with E-state index in [4.69, 9.17) is 5.11 Å². The van der Waals surface area contributed by atoms with Crippen LogP contribution < -0.4 is 4.90 Å². The standard InChI is InChI=1S/C10H15N3O2/c1-12-7-4-11-10(12)13-5-2-8(3-6-13)9(14)15/h4,7-8H,2-3,5-6H2,1H3,(H,14,15). The lowest BCUT2D eigenvalue weighted by molar-refractivity contribution is -0.142. The Hall–Kier alpha value is -1.52. The molecular formula is C10H15N3O2. The second-order valence-electron chi connectivity index (χ2n) is 3.94. The van der Waals surface area contributed by atoms with Crippen LogP contribution in [0.25, 0.3) is 0 Å². The predicted octanol–water partition coefficient (Wildman–Crippen LogP) is 0.721. The summed E-state index contributed by atoms with van der Waals surface area (Å²) in [6.07, 6.45) is 5.08. The second kappa shape index (κ2) is 3.92. The molecule has 1 saturated heterocycles. The van der Waals surface area contributed by atoms with Gasteiger partial charge in [0.15, 0.2) is 0 Å². The molecule has 0 aliphatic carbocycles. The molecule has 0 radical (unpaired) electrons. The highest BCUT2D eigenvalue weighted by Gasteiger charge is 2.25. The lowest BCUT2D eigenvalue weighted by atomic mass is 9.97. The summed E-state index contributed by atoms with van der Waals surface area (Å²) in [5, 5.41) is 8.87. The Morgan fingerprint density at radius 2 is 2.20 bits per heavy atom. The molecule has 0 saturated carbocycles. The van der Waals surface area contributed by atoms with Crippen molar-refractivity contribution in [2.24, 2.45) is 13.0 Å². The molecule has 2 heterocycles. The van der Waals surface area contributed by atoms with Crippen LogP contribution in [0.2, 0.25) is 0 Å². The first-order chi connectivity index (χ1) is 7.18. The number of aliphatic carboxylic acids is 1. The van der Waals surface area contributed by atoms with E-state index in [2.05, 4.69) is 9.88 Å². The Morgan fingerprint density at radius 1 is 1.53 bits per heavy atom. The quantitative estimate of drug-likeness (QED) is 0.779. The van der Waals surface area contributed by atoms with Crippen LogP contribution in [-0.4, -0.2) is 33.7 Å². The first kappa shape index (κ1) is 10.0. The fourth-order valence-corrected chi connectivity index (χ4v) is 1.99. The molecule has 1 aliphatic heterocycles. The SMILES string of the molecule is Cn1ccnc1N1CCC(C(=O)O)CC1. The largest absolute Gasteiger partial charge is 0.481 e. The normalized spacial score (nSPS) is 18.1. The Labute approximate surface area is 88.3 Å². The van der Waals surface area contributed by atoms with Gasteiger partial charge in [-0.25, -0.2) is 4.98 Å². The number of piperidine rings is 1. The number of carboxylic acid groups (broad SMARTS) is 1. The first-order valence-corrected chi connectivity index (χ1v) is 5.13. The Balaban J connectivity index is 2.00. The van der Waals surface area contributed by atoms with Crippen LogP contribution >= 0.6 is 0 Å². The Kier molecular flexibility index (Phi) is 2.62. The van der Waals surface area contributed by atoms with E-state index in [9.17, 15) is 4.79 Å². The number of carboxylic acids is 1. The summed E-state index contributed by atoms with van der Waals surface area (Å²) in [5.41, 5.74) is 0. The van der Waals surface area contributed by atoms with E-state index >= 15 is 0 Å². The average Bonchev–Trinajstić information content (AvgIpc) is 2.65. The fraction of sp³-hybridized carbons (Fsp3) is 0.600. The minimum Gasteiger partial charge on any atom is -0.481 e. The van der Waals surface area contributed by atoms with Gasteiger partial charge in [0, 0.05) is 32.5 Å². The molecule has 5 heteroatoms. The van der Waals surface area contributed by atoms with E-state index in [-0.39, 0.29) is 5.92 Å². The zero-order valence-electron chi connectivity index (χ0n) is 8.76. The molecule has 1 aromatic rings. The maximum atomic E-state index is 10.8. The molecule has 1 fully saturated rings. The van der Waals surface area contributed by atoms with Crippen LogP contribution in [-0.2, 0) is 11.8 Å². The van der Waals surface area contributed by atoms with Gasteiger partial charge in [-0.05, 0) is 12.8 Å². The number of aryl methyl sites for hydroxylation is 1. The van der Waals surface area contributed by atoms with Crippen LogP contribution in [0.15, 0.2) is 12.4 Å². The highest BCUT2D eigenvalue weighted by atomic mass is 16.4. The third kappa shape index (κ3) is 1.95. The minimum absolute atomic E-state index is 0.179. The molecule has 1 N–H and O–H groups in total. The van der Waals surface area contributed by atoms with Gasteiger partial charge in [-0.1, -0.05) is 0 Å². The lowest BCUT2D eigenvalue weighted by Gasteiger charge is -2.30. The zero-order valence-corrected chi connectivity index (χ0v) is 8.76. The molecule has 0 aromatic carbocycles. The number of nitrogens with zero attached hydrogens (tertiary/aromatic N) is 3. The van der Waals surface area contributed by atoms with Gasteiger partial charge in [0.05, 0.1) is 5.92 Å². The summed E-state index contributed by atoms with van der Waals surface area (Å²) in [6.45, 7) is 1.56. The van der Waals surface area contributed by atoms with Crippen LogP contribution in [0, 0.1) is 5.92 Å². The maximum Gasteiger partial charge on any atom is 0.306 e. The van der Waals surface area contributed by atoms with E-state index in [0.717, 1.165) is 19.0 Å². The van der Waals surface area contributed by atoms with Crippen LogP contribution in [0.3, 0.4) is 0 Å². The molecule has 15 heavy (non-hydrogen) atoms. The van der Waals surface area contributed by atoms with Crippen molar-refractivity contribution in [2.45, 2.75) is 12.8 Å². The highest BCUT2D eigenvalue weighted by Crippen LogP contribution is 2.21. The summed E-state index contributed by atoms with van der Waals surface area (Å²) in [4.78, 5) is 17.2. The fourth-order valence-electron chi connectivity index (χ4n) is 1.99. The van der Waals surface area contributed by atoms with Crippen molar-refractivity contribution in [3.05, 3.63) is 12.4 Å². The zero-order chi connectivity index (χ0) is 10.8. The van der Waals surface area contributed by atoms with Gasteiger partial charge in [0.1, 0.15) is 0 Å². The molecule has 1 aliphatic rings. The molecule has 5 nitrogen and oxygen atoms in total. The molecule has 0 atom stereocenters. The topological polar surface area (TPSA) is 58.4 Å². The van der Waals surface area contributed by atoms with Crippen molar-refractivity contribution < 1.29 is 9.90 Å². The van der Waals surface area contributed by atoms with Gasteiger partial charge in [0.25, 0.3) is 0 Å². The summed E-state index contributed by atoms with van der Waals surface area (Å²) < 4.78 is 1.96. The van der Waals surface area contributed by atoms with E-state index < -0.39 is 5.97 Å². The van der Waals surface area contributed by atoms with E-state index in [1.807, 2.05) is 17.8 Å². The lowest BCUT2D eigenvalue weighted by Crippen LogP contribution is -2.37. The molecule has 1 aromatic heterocycles. The summed E-state index contributed by atoms with van der Waals surface area (Å²) in [5.74, 6) is 0.0786. The predicted molar refractivity (Wildman–Crippen MR) is 55.8 cm³/mol. The monoisotopic (exact) mass is 209 g/mol. The number of hydrogen-bond donors (Lipinski definition) is 1. The van der Waals surface area contributed by atoms with Crippen LogP contribution in [0.4, 0.5) is 5.95 Å². The van der Waals surface area contributed by atoms with Gasteiger partial charge >= 0.3 is 5.97 Å². The Bertz CT molecular complexity index is 353.